The first-order valence-electron chi connectivity index (χ1n) is 9.46. The number of benzene rings is 3. The van der Waals surface area contributed by atoms with Gasteiger partial charge in [-0.25, -0.2) is 0 Å². The Kier molecular flexibility index (Phi) is 5.31. The minimum Gasteiger partial charge on any atom is -0.375 e. The van der Waals surface area contributed by atoms with Gasteiger partial charge in [0.25, 0.3) is 11.6 Å². The summed E-state index contributed by atoms with van der Waals surface area (Å²) in [5, 5.41) is 22.9. The van der Waals surface area contributed by atoms with Crippen molar-refractivity contribution in [2.75, 3.05) is 4.90 Å². The smallest absolute Gasteiger partial charge is 0.270 e. The molecule has 4 rings (SSSR count). The number of nitrogens with zero attached hydrogens (tertiary/aromatic N) is 2. The fourth-order valence-electron chi connectivity index (χ4n) is 3.76. The molecule has 0 aromatic heterocycles. The van der Waals surface area contributed by atoms with E-state index in [4.69, 9.17) is 11.6 Å². The minimum absolute atomic E-state index is 0.0532. The highest BCUT2D eigenvalue weighted by molar-refractivity contribution is 6.31. The van der Waals surface area contributed by atoms with Gasteiger partial charge >= 0.3 is 0 Å². The summed E-state index contributed by atoms with van der Waals surface area (Å²) in [4.78, 5) is 38.0. The summed E-state index contributed by atoms with van der Waals surface area (Å²) >= 11 is 6.24. The number of nitro benzene ring substituents is 1. The van der Waals surface area contributed by atoms with E-state index in [0.29, 0.717) is 21.8 Å². The number of hydrogen-bond acceptors (Lipinski definition) is 5. The molecule has 3 aromatic rings. The van der Waals surface area contributed by atoms with Gasteiger partial charge in [0.2, 0.25) is 0 Å². The van der Waals surface area contributed by atoms with Crippen molar-refractivity contribution in [3.05, 3.63) is 105 Å². The van der Waals surface area contributed by atoms with Crippen LogP contribution < -0.4 is 4.90 Å². The first kappa shape index (κ1) is 20.7. The van der Waals surface area contributed by atoms with Crippen molar-refractivity contribution < 1.29 is 19.6 Å². The monoisotopic (exact) mass is 436 g/mol. The van der Waals surface area contributed by atoms with E-state index in [0.717, 1.165) is 6.07 Å². The molecular formula is C23H17ClN2O5. The number of rotatable bonds is 6. The van der Waals surface area contributed by atoms with Crippen molar-refractivity contribution in [2.24, 2.45) is 0 Å². The molecular weight excluding hydrogens is 420 g/mol. The van der Waals surface area contributed by atoms with Crippen molar-refractivity contribution >= 4 is 34.7 Å². The number of anilines is 1. The predicted molar refractivity (Wildman–Crippen MR) is 115 cm³/mol. The summed E-state index contributed by atoms with van der Waals surface area (Å²) in [5.74, 6) is -1.22. The van der Waals surface area contributed by atoms with E-state index in [1.165, 1.54) is 23.1 Å². The van der Waals surface area contributed by atoms with Crippen LogP contribution >= 0.6 is 11.6 Å². The Morgan fingerprint density at radius 1 is 1.06 bits per heavy atom. The first-order valence-corrected chi connectivity index (χ1v) is 9.84. The predicted octanol–water partition coefficient (Wildman–Crippen LogP) is 4.26. The van der Waals surface area contributed by atoms with Gasteiger partial charge in [-0.2, -0.15) is 0 Å². The van der Waals surface area contributed by atoms with Crippen molar-refractivity contribution in [2.45, 2.75) is 18.6 Å². The zero-order valence-electron chi connectivity index (χ0n) is 16.2. The number of nitro groups is 1. The Labute approximate surface area is 182 Å². The highest BCUT2D eigenvalue weighted by Crippen LogP contribution is 2.44. The number of hydrogen-bond donors (Lipinski definition) is 1. The zero-order chi connectivity index (χ0) is 22.2. The average molecular weight is 437 g/mol. The van der Waals surface area contributed by atoms with Crippen molar-refractivity contribution in [1.82, 2.24) is 0 Å². The number of carbonyl (C=O) groups excluding carboxylic acids is 2. The quantitative estimate of drug-likeness (QED) is 0.353. The number of carbonyl (C=O) groups is 2. The second-order valence-electron chi connectivity index (χ2n) is 7.27. The summed E-state index contributed by atoms with van der Waals surface area (Å²) in [6.45, 7) is 0.128. The number of halogens is 1. The van der Waals surface area contributed by atoms with Crippen molar-refractivity contribution in [1.29, 1.82) is 0 Å². The maximum atomic E-state index is 13.3. The third-order valence-electron chi connectivity index (χ3n) is 5.32. The molecule has 156 valence electrons. The SMILES string of the molecule is O=C(C[C@@]1(O)C(=O)N(Cc2ccccc2Cl)c2ccccc21)c1cccc([N+](=O)[O-])c1. The lowest BCUT2D eigenvalue weighted by molar-refractivity contribution is -0.384. The van der Waals surface area contributed by atoms with Crippen LogP contribution in [0.3, 0.4) is 0 Å². The molecule has 1 atom stereocenters. The summed E-state index contributed by atoms with van der Waals surface area (Å²) in [6.07, 6.45) is -0.539. The van der Waals surface area contributed by atoms with Crippen LogP contribution in [0, 0.1) is 10.1 Å². The summed E-state index contributed by atoms with van der Waals surface area (Å²) in [6, 6.07) is 19.0. The molecule has 7 nitrogen and oxygen atoms in total. The molecule has 1 aliphatic heterocycles. The molecule has 0 bridgehead atoms. The van der Waals surface area contributed by atoms with E-state index in [-0.39, 0.29) is 17.8 Å². The van der Waals surface area contributed by atoms with Gasteiger partial charge in [0.1, 0.15) is 0 Å². The number of ketones is 1. The fourth-order valence-corrected chi connectivity index (χ4v) is 3.95. The van der Waals surface area contributed by atoms with Crippen LogP contribution in [-0.2, 0) is 16.9 Å². The summed E-state index contributed by atoms with van der Waals surface area (Å²) < 4.78 is 0. The topological polar surface area (TPSA) is 101 Å². The van der Waals surface area contributed by atoms with E-state index in [1.807, 2.05) is 0 Å². The second kappa shape index (κ2) is 7.94. The van der Waals surface area contributed by atoms with Gasteiger partial charge in [-0.15, -0.1) is 0 Å². The third kappa shape index (κ3) is 3.69. The van der Waals surface area contributed by atoms with E-state index < -0.39 is 28.6 Å². The molecule has 0 unspecified atom stereocenters. The highest BCUT2D eigenvalue weighted by atomic mass is 35.5. The van der Waals surface area contributed by atoms with Crippen LogP contribution in [0.1, 0.15) is 27.9 Å². The lowest BCUT2D eigenvalue weighted by atomic mass is 9.88. The van der Waals surface area contributed by atoms with Crippen LogP contribution in [0.25, 0.3) is 0 Å². The minimum atomic E-state index is -2.08. The summed E-state index contributed by atoms with van der Waals surface area (Å²) in [5.41, 5.74) is -0.775. The number of Topliss-reactive ketones (excluding diaryl/α,β-unsaturated/α-hetero) is 1. The molecule has 0 fully saturated rings. The molecule has 0 aliphatic carbocycles. The molecule has 1 N–H and O–H groups in total. The van der Waals surface area contributed by atoms with Crippen LogP contribution in [0.2, 0.25) is 5.02 Å². The molecule has 31 heavy (non-hydrogen) atoms. The average Bonchev–Trinajstić information content (AvgIpc) is 2.97. The highest BCUT2D eigenvalue weighted by Gasteiger charge is 2.50. The zero-order valence-corrected chi connectivity index (χ0v) is 17.0. The van der Waals surface area contributed by atoms with Crippen LogP contribution in [0.4, 0.5) is 11.4 Å². The maximum absolute atomic E-state index is 13.3. The van der Waals surface area contributed by atoms with Gasteiger partial charge in [0, 0.05) is 28.3 Å². The van der Waals surface area contributed by atoms with Crippen molar-refractivity contribution in [3.8, 4) is 0 Å². The normalized spacial score (nSPS) is 17.5. The van der Waals surface area contributed by atoms with E-state index in [9.17, 15) is 24.8 Å². The van der Waals surface area contributed by atoms with E-state index in [1.54, 1.807) is 48.5 Å². The number of fused-ring (bicyclic) bond motifs is 1. The fraction of sp³-hybridized carbons (Fsp3) is 0.130. The Hall–Kier alpha value is -3.55. The van der Waals surface area contributed by atoms with E-state index in [2.05, 4.69) is 0 Å². The molecule has 3 aromatic carbocycles. The van der Waals surface area contributed by atoms with E-state index >= 15 is 0 Å². The number of non-ortho nitro benzene ring substituents is 1. The molecule has 0 saturated carbocycles. The number of para-hydroxylation sites is 1. The van der Waals surface area contributed by atoms with Crippen LogP contribution in [0.5, 0.6) is 0 Å². The maximum Gasteiger partial charge on any atom is 0.270 e. The Morgan fingerprint density at radius 2 is 1.77 bits per heavy atom. The lowest BCUT2D eigenvalue weighted by Gasteiger charge is -2.23. The standard InChI is InChI=1S/C23H17ClN2O5/c24-19-10-3-1-6-16(19)14-25-20-11-4-2-9-18(20)23(29,22(25)28)13-21(27)15-7-5-8-17(12-15)26(30)31/h1-12,29H,13-14H2/t23-/m0/s1. The van der Waals surface area contributed by atoms with Gasteiger partial charge in [-0.3, -0.25) is 19.7 Å². The molecule has 1 aliphatic rings. The number of aliphatic hydroxyl groups is 1. The van der Waals surface area contributed by atoms with Gasteiger partial charge in [0.15, 0.2) is 11.4 Å². The van der Waals surface area contributed by atoms with Gasteiger partial charge < -0.3 is 10.0 Å². The third-order valence-corrected chi connectivity index (χ3v) is 5.69. The molecule has 1 amide bonds. The Balaban J connectivity index is 1.68. The molecule has 0 radical (unpaired) electrons. The van der Waals surface area contributed by atoms with Gasteiger partial charge in [0.05, 0.1) is 23.6 Å². The van der Waals surface area contributed by atoms with Gasteiger partial charge in [-0.1, -0.05) is 60.1 Å². The molecule has 1 heterocycles. The first-order chi connectivity index (χ1) is 14.8. The molecule has 0 spiro atoms. The van der Waals surface area contributed by atoms with Crippen LogP contribution in [-0.4, -0.2) is 21.7 Å². The Bertz CT molecular complexity index is 1210. The molecule has 0 saturated heterocycles. The lowest BCUT2D eigenvalue weighted by Crippen LogP contribution is -2.41. The largest absolute Gasteiger partial charge is 0.375 e. The van der Waals surface area contributed by atoms with Crippen LogP contribution in [0.15, 0.2) is 72.8 Å². The van der Waals surface area contributed by atoms with Gasteiger partial charge in [-0.05, 0) is 17.7 Å². The van der Waals surface area contributed by atoms with Crippen molar-refractivity contribution in [3.63, 3.8) is 0 Å². The second-order valence-corrected chi connectivity index (χ2v) is 7.67. The summed E-state index contributed by atoms with van der Waals surface area (Å²) in [7, 11) is 0. The Morgan fingerprint density at radius 3 is 2.52 bits per heavy atom. The number of amides is 1. The molecule has 8 heteroatoms.